The summed E-state index contributed by atoms with van der Waals surface area (Å²) < 4.78 is 25.5. The van der Waals surface area contributed by atoms with Crippen LogP contribution in [0.1, 0.15) is 19.8 Å². The van der Waals surface area contributed by atoms with Crippen molar-refractivity contribution in [2.24, 2.45) is 0 Å². The van der Waals surface area contributed by atoms with Gasteiger partial charge in [-0.2, -0.15) is 0 Å². The molecular weight excluding hydrogens is 284 g/mol. The van der Waals surface area contributed by atoms with E-state index in [9.17, 15) is 8.42 Å². The Bertz CT molecular complexity index is 501. The molecule has 0 aliphatic rings. The lowest BCUT2D eigenvalue weighted by Crippen LogP contribution is -2.23. The molecule has 1 atom stereocenters. The summed E-state index contributed by atoms with van der Waals surface area (Å²) in [6, 6.07) is 6.94. The van der Waals surface area contributed by atoms with Gasteiger partial charge in [-0.25, -0.2) is 12.7 Å². The van der Waals surface area contributed by atoms with Gasteiger partial charge in [0.25, 0.3) is 0 Å². The number of sulfonamides is 1. The molecule has 4 nitrogen and oxygen atoms in total. The SMILES string of the molecule is CC(Cl)CCCNc1ccccc1S(=O)(=O)N(C)C. The van der Waals surface area contributed by atoms with E-state index < -0.39 is 10.0 Å². The molecule has 0 heterocycles. The van der Waals surface area contributed by atoms with Gasteiger partial charge in [0, 0.05) is 26.0 Å². The van der Waals surface area contributed by atoms with Crippen molar-refractivity contribution < 1.29 is 8.42 Å². The van der Waals surface area contributed by atoms with Crippen LogP contribution in [0.2, 0.25) is 0 Å². The second-order valence-corrected chi connectivity index (χ2v) is 7.50. The predicted molar refractivity (Wildman–Crippen MR) is 80.4 cm³/mol. The third-order valence-electron chi connectivity index (χ3n) is 2.74. The molecule has 108 valence electrons. The molecule has 0 aromatic heterocycles. The van der Waals surface area contributed by atoms with E-state index in [-0.39, 0.29) is 5.38 Å². The Hall–Kier alpha value is -0.780. The van der Waals surface area contributed by atoms with E-state index in [0.717, 1.165) is 12.8 Å². The van der Waals surface area contributed by atoms with Crippen LogP contribution in [0.5, 0.6) is 0 Å². The number of para-hydroxylation sites is 1. The number of rotatable bonds is 7. The predicted octanol–water partition coefficient (Wildman–Crippen LogP) is 2.76. The van der Waals surface area contributed by atoms with Gasteiger partial charge in [-0.3, -0.25) is 0 Å². The molecule has 1 N–H and O–H groups in total. The molecule has 1 unspecified atom stereocenters. The molecule has 6 heteroatoms. The first-order valence-corrected chi connectivity index (χ1v) is 8.13. The molecule has 19 heavy (non-hydrogen) atoms. The van der Waals surface area contributed by atoms with Crippen LogP contribution in [-0.2, 0) is 10.0 Å². The Morgan fingerprint density at radius 2 is 1.95 bits per heavy atom. The van der Waals surface area contributed by atoms with Gasteiger partial charge in [-0.1, -0.05) is 12.1 Å². The quantitative estimate of drug-likeness (QED) is 0.622. The molecule has 0 radical (unpaired) electrons. The summed E-state index contributed by atoms with van der Waals surface area (Å²) in [5.74, 6) is 0. The van der Waals surface area contributed by atoms with Gasteiger partial charge in [-0.15, -0.1) is 11.6 Å². The van der Waals surface area contributed by atoms with Gasteiger partial charge in [0.15, 0.2) is 0 Å². The van der Waals surface area contributed by atoms with E-state index in [1.807, 2.05) is 13.0 Å². The van der Waals surface area contributed by atoms with Crippen LogP contribution in [0.4, 0.5) is 5.69 Å². The van der Waals surface area contributed by atoms with Gasteiger partial charge in [0.1, 0.15) is 4.90 Å². The summed E-state index contributed by atoms with van der Waals surface area (Å²) in [4.78, 5) is 0.305. The van der Waals surface area contributed by atoms with E-state index in [1.165, 1.54) is 18.4 Å². The smallest absolute Gasteiger partial charge is 0.244 e. The van der Waals surface area contributed by atoms with Crippen LogP contribution in [0.15, 0.2) is 29.2 Å². The largest absolute Gasteiger partial charge is 0.384 e. The maximum atomic E-state index is 12.2. The normalized spacial score (nSPS) is 13.5. The third-order valence-corrected chi connectivity index (χ3v) is 4.83. The van der Waals surface area contributed by atoms with Crippen LogP contribution in [-0.4, -0.2) is 38.7 Å². The molecule has 1 rings (SSSR count). The topological polar surface area (TPSA) is 49.4 Å². The average molecular weight is 305 g/mol. The summed E-state index contributed by atoms with van der Waals surface area (Å²) in [6.07, 6.45) is 1.80. The Kier molecular flexibility index (Phi) is 6.10. The Balaban J connectivity index is 2.80. The standard InChI is InChI=1S/C13H21ClN2O2S/c1-11(14)7-6-10-15-12-8-4-5-9-13(12)19(17,18)16(2)3/h4-5,8-9,11,15H,6-7,10H2,1-3H3. The zero-order valence-corrected chi connectivity index (χ0v) is 13.1. The summed E-state index contributed by atoms with van der Waals surface area (Å²) in [5.41, 5.74) is 0.637. The highest BCUT2D eigenvalue weighted by Crippen LogP contribution is 2.23. The van der Waals surface area contributed by atoms with Gasteiger partial charge in [0.2, 0.25) is 10.0 Å². The highest BCUT2D eigenvalue weighted by Gasteiger charge is 2.20. The van der Waals surface area contributed by atoms with E-state index in [4.69, 9.17) is 11.6 Å². The average Bonchev–Trinajstić information content (AvgIpc) is 2.34. The van der Waals surface area contributed by atoms with Crippen LogP contribution < -0.4 is 5.32 Å². The molecule has 0 aliphatic carbocycles. The van der Waals surface area contributed by atoms with Crippen LogP contribution in [0.25, 0.3) is 0 Å². The van der Waals surface area contributed by atoms with Crippen molar-refractivity contribution in [2.75, 3.05) is 26.0 Å². The molecule has 0 saturated carbocycles. The lowest BCUT2D eigenvalue weighted by atomic mass is 10.2. The molecule has 0 amide bonds. The first-order chi connectivity index (χ1) is 8.85. The second kappa shape index (κ2) is 7.12. The molecular formula is C13H21ClN2O2S. The van der Waals surface area contributed by atoms with Gasteiger partial charge in [0.05, 0.1) is 5.69 Å². The summed E-state index contributed by atoms with van der Waals surface area (Å²) in [7, 11) is -0.358. The monoisotopic (exact) mass is 304 g/mol. The van der Waals surface area contributed by atoms with Crippen LogP contribution in [0, 0.1) is 0 Å². The number of hydrogen-bond donors (Lipinski definition) is 1. The maximum absolute atomic E-state index is 12.2. The Labute approximate surface area is 120 Å². The minimum Gasteiger partial charge on any atom is -0.384 e. The Morgan fingerprint density at radius 1 is 1.32 bits per heavy atom. The minimum atomic E-state index is -3.42. The van der Waals surface area contributed by atoms with Crippen molar-refractivity contribution in [3.05, 3.63) is 24.3 Å². The molecule has 0 saturated heterocycles. The van der Waals surface area contributed by atoms with Crippen molar-refractivity contribution in [3.8, 4) is 0 Å². The van der Waals surface area contributed by atoms with E-state index in [0.29, 0.717) is 17.1 Å². The first kappa shape index (κ1) is 16.3. The number of nitrogens with zero attached hydrogens (tertiary/aromatic N) is 1. The zero-order chi connectivity index (χ0) is 14.5. The molecule has 0 spiro atoms. The van der Waals surface area contributed by atoms with Crippen molar-refractivity contribution in [2.45, 2.75) is 30.0 Å². The number of benzene rings is 1. The highest BCUT2D eigenvalue weighted by molar-refractivity contribution is 7.89. The van der Waals surface area contributed by atoms with Gasteiger partial charge < -0.3 is 5.32 Å². The lowest BCUT2D eigenvalue weighted by molar-refractivity contribution is 0.521. The van der Waals surface area contributed by atoms with E-state index in [2.05, 4.69) is 5.32 Å². The lowest BCUT2D eigenvalue weighted by Gasteiger charge is -2.16. The fraction of sp³-hybridized carbons (Fsp3) is 0.538. The molecule has 1 aromatic carbocycles. The molecule has 0 fully saturated rings. The van der Waals surface area contributed by atoms with Gasteiger partial charge >= 0.3 is 0 Å². The number of alkyl halides is 1. The molecule has 0 aliphatic heterocycles. The number of halogens is 1. The van der Waals surface area contributed by atoms with Crippen molar-refractivity contribution in [1.82, 2.24) is 4.31 Å². The van der Waals surface area contributed by atoms with E-state index in [1.54, 1.807) is 18.2 Å². The fourth-order valence-electron chi connectivity index (χ4n) is 1.64. The van der Waals surface area contributed by atoms with Crippen molar-refractivity contribution >= 4 is 27.3 Å². The molecule has 1 aromatic rings. The third kappa shape index (κ3) is 4.67. The first-order valence-electron chi connectivity index (χ1n) is 6.25. The number of nitrogens with one attached hydrogen (secondary N) is 1. The van der Waals surface area contributed by atoms with E-state index >= 15 is 0 Å². The van der Waals surface area contributed by atoms with Crippen molar-refractivity contribution in [1.29, 1.82) is 0 Å². The van der Waals surface area contributed by atoms with Crippen LogP contribution in [0.3, 0.4) is 0 Å². The van der Waals surface area contributed by atoms with Crippen LogP contribution >= 0.6 is 11.6 Å². The van der Waals surface area contributed by atoms with Crippen molar-refractivity contribution in [3.63, 3.8) is 0 Å². The number of hydrogen-bond acceptors (Lipinski definition) is 3. The number of anilines is 1. The molecule has 0 bridgehead atoms. The highest BCUT2D eigenvalue weighted by atomic mass is 35.5. The fourth-order valence-corrected chi connectivity index (χ4v) is 2.86. The van der Waals surface area contributed by atoms with Gasteiger partial charge in [-0.05, 0) is 31.9 Å². The zero-order valence-electron chi connectivity index (χ0n) is 11.6. The summed E-state index contributed by atoms with van der Waals surface area (Å²) >= 11 is 5.87. The maximum Gasteiger partial charge on any atom is 0.244 e. The summed E-state index contributed by atoms with van der Waals surface area (Å²) in [6.45, 7) is 2.66. The minimum absolute atomic E-state index is 0.141. The second-order valence-electron chi connectivity index (χ2n) is 4.63. The summed E-state index contributed by atoms with van der Waals surface area (Å²) in [5, 5.41) is 3.31. The Morgan fingerprint density at radius 3 is 2.53 bits per heavy atom.